The number of aryl methyl sites for hydroxylation is 1. The molecule has 0 aliphatic carbocycles. The van der Waals surface area contributed by atoms with Crippen LogP contribution >= 0.6 is 0 Å². The number of aromatic nitrogens is 4. The van der Waals surface area contributed by atoms with Gasteiger partial charge in [0.2, 0.25) is 11.8 Å². The maximum absolute atomic E-state index is 5.72. The van der Waals surface area contributed by atoms with Crippen molar-refractivity contribution in [1.29, 1.82) is 0 Å². The molecule has 1 N–H and O–H groups in total. The topological polar surface area (TPSA) is 64.9 Å². The molecule has 118 valence electrons. The van der Waals surface area contributed by atoms with Crippen LogP contribution in [0.15, 0.2) is 55.0 Å². The molecule has 0 saturated heterocycles. The van der Waals surface area contributed by atoms with Crippen molar-refractivity contribution in [3.8, 4) is 5.88 Å². The molecule has 6 nitrogen and oxygen atoms in total. The van der Waals surface area contributed by atoms with Crippen molar-refractivity contribution in [2.24, 2.45) is 7.05 Å². The predicted octanol–water partition coefficient (Wildman–Crippen LogP) is 2.96. The second kappa shape index (κ2) is 6.91. The van der Waals surface area contributed by atoms with Crippen LogP contribution in [0.2, 0.25) is 0 Å². The van der Waals surface area contributed by atoms with Crippen LogP contribution in [0.4, 0.5) is 5.95 Å². The minimum Gasteiger partial charge on any atom is -0.473 e. The minimum absolute atomic E-state index is 0.0630. The van der Waals surface area contributed by atoms with Gasteiger partial charge in [0.1, 0.15) is 6.61 Å². The first-order valence-corrected chi connectivity index (χ1v) is 7.45. The zero-order chi connectivity index (χ0) is 16.1. The summed E-state index contributed by atoms with van der Waals surface area (Å²) in [6.07, 6.45) is 5.48. The van der Waals surface area contributed by atoms with Crippen LogP contribution in [0.5, 0.6) is 5.88 Å². The monoisotopic (exact) mass is 309 g/mol. The van der Waals surface area contributed by atoms with Crippen LogP contribution in [0, 0.1) is 0 Å². The fraction of sp³-hybridized carbons (Fsp3) is 0.235. The zero-order valence-electron chi connectivity index (χ0n) is 13.2. The minimum atomic E-state index is 0.0630. The summed E-state index contributed by atoms with van der Waals surface area (Å²) in [5.41, 5.74) is 2.18. The molecule has 2 heterocycles. The summed E-state index contributed by atoms with van der Waals surface area (Å²) in [5, 5.41) is 7.43. The number of rotatable bonds is 6. The third kappa shape index (κ3) is 4.06. The molecule has 6 heteroatoms. The Morgan fingerprint density at radius 2 is 2.04 bits per heavy atom. The van der Waals surface area contributed by atoms with Crippen molar-refractivity contribution >= 4 is 5.95 Å². The molecule has 0 spiro atoms. The number of hydrogen-bond acceptors (Lipinski definition) is 5. The Morgan fingerprint density at radius 1 is 1.22 bits per heavy atom. The van der Waals surface area contributed by atoms with Crippen LogP contribution in [-0.4, -0.2) is 19.7 Å². The fourth-order valence-corrected chi connectivity index (χ4v) is 2.16. The van der Waals surface area contributed by atoms with Crippen molar-refractivity contribution in [3.63, 3.8) is 0 Å². The molecule has 0 amide bonds. The van der Waals surface area contributed by atoms with Crippen LogP contribution in [-0.2, 0) is 13.7 Å². The Kier molecular flexibility index (Phi) is 4.52. The Labute approximate surface area is 135 Å². The van der Waals surface area contributed by atoms with Gasteiger partial charge < -0.3 is 10.1 Å². The summed E-state index contributed by atoms with van der Waals surface area (Å²) < 4.78 is 7.49. The molecule has 3 aromatic rings. The van der Waals surface area contributed by atoms with E-state index < -0.39 is 0 Å². The highest BCUT2D eigenvalue weighted by Crippen LogP contribution is 2.17. The van der Waals surface area contributed by atoms with Crippen molar-refractivity contribution in [1.82, 2.24) is 19.7 Å². The van der Waals surface area contributed by atoms with E-state index in [2.05, 4.69) is 20.4 Å². The second-order valence-corrected chi connectivity index (χ2v) is 5.31. The lowest BCUT2D eigenvalue weighted by Gasteiger charge is -2.12. The maximum Gasteiger partial charge on any atom is 0.226 e. The van der Waals surface area contributed by atoms with Crippen LogP contribution < -0.4 is 10.1 Å². The zero-order valence-corrected chi connectivity index (χ0v) is 13.2. The molecular formula is C17H19N5O. The maximum atomic E-state index is 5.72. The summed E-state index contributed by atoms with van der Waals surface area (Å²) in [7, 11) is 1.89. The van der Waals surface area contributed by atoms with Crippen LogP contribution in [0.3, 0.4) is 0 Å². The highest BCUT2D eigenvalue weighted by molar-refractivity contribution is 5.31. The highest BCUT2D eigenvalue weighted by atomic mass is 16.5. The summed E-state index contributed by atoms with van der Waals surface area (Å²) >= 11 is 0. The first-order valence-electron chi connectivity index (χ1n) is 7.45. The van der Waals surface area contributed by atoms with E-state index >= 15 is 0 Å². The number of nitrogens with one attached hydrogen (secondary N) is 1. The van der Waals surface area contributed by atoms with E-state index in [0.717, 1.165) is 11.1 Å². The standard InChI is InChI=1S/C17H19N5O/c1-13(15-10-19-22(2)11-15)20-17-18-9-8-16(21-17)23-12-14-6-4-3-5-7-14/h3-11,13H,12H2,1-2H3,(H,18,20,21)/t13-/m0/s1. The molecule has 3 rings (SSSR count). The van der Waals surface area contributed by atoms with Gasteiger partial charge in [-0.05, 0) is 12.5 Å². The highest BCUT2D eigenvalue weighted by Gasteiger charge is 2.09. The Hall–Kier alpha value is -2.89. The average molecular weight is 309 g/mol. The number of anilines is 1. The molecule has 0 unspecified atom stereocenters. The van der Waals surface area contributed by atoms with E-state index in [0.29, 0.717) is 18.4 Å². The van der Waals surface area contributed by atoms with Crippen molar-refractivity contribution in [2.75, 3.05) is 5.32 Å². The lowest BCUT2D eigenvalue weighted by atomic mass is 10.2. The van der Waals surface area contributed by atoms with Gasteiger partial charge in [0.15, 0.2) is 0 Å². The van der Waals surface area contributed by atoms with E-state index in [1.165, 1.54) is 0 Å². The predicted molar refractivity (Wildman–Crippen MR) is 88.1 cm³/mol. The van der Waals surface area contributed by atoms with Crippen LogP contribution in [0.25, 0.3) is 0 Å². The van der Waals surface area contributed by atoms with Gasteiger partial charge in [0.25, 0.3) is 0 Å². The van der Waals surface area contributed by atoms with E-state index in [-0.39, 0.29) is 6.04 Å². The van der Waals surface area contributed by atoms with Crippen molar-refractivity contribution in [3.05, 3.63) is 66.1 Å². The molecule has 1 aromatic carbocycles. The number of benzene rings is 1. The number of nitrogens with zero attached hydrogens (tertiary/aromatic N) is 4. The lowest BCUT2D eigenvalue weighted by Crippen LogP contribution is -2.09. The van der Waals surface area contributed by atoms with Gasteiger partial charge in [-0.25, -0.2) is 4.98 Å². The molecule has 2 aromatic heterocycles. The summed E-state index contributed by atoms with van der Waals surface area (Å²) in [6.45, 7) is 2.52. The van der Waals surface area contributed by atoms with Gasteiger partial charge in [-0.2, -0.15) is 10.1 Å². The summed E-state index contributed by atoms with van der Waals surface area (Å²) in [5.74, 6) is 1.08. The van der Waals surface area contributed by atoms with E-state index in [1.807, 2.05) is 56.7 Å². The molecule has 0 radical (unpaired) electrons. The molecule has 0 aliphatic heterocycles. The van der Waals surface area contributed by atoms with Crippen molar-refractivity contribution < 1.29 is 4.74 Å². The number of ether oxygens (including phenoxy) is 1. The van der Waals surface area contributed by atoms with Crippen molar-refractivity contribution in [2.45, 2.75) is 19.6 Å². The van der Waals surface area contributed by atoms with Gasteiger partial charge in [-0.1, -0.05) is 30.3 Å². The molecule has 0 fully saturated rings. The van der Waals surface area contributed by atoms with E-state index in [1.54, 1.807) is 16.9 Å². The SMILES string of the molecule is C[C@H](Nc1nccc(OCc2ccccc2)n1)c1cnn(C)c1. The Morgan fingerprint density at radius 3 is 2.78 bits per heavy atom. The summed E-state index contributed by atoms with van der Waals surface area (Å²) in [4.78, 5) is 8.63. The fourth-order valence-electron chi connectivity index (χ4n) is 2.16. The molecular weight excluding hydrogens is 290 g/mol. The first-order chi connectivity index (χ1) is 11.2. The quantitative estimate of drug-likeness (QED) is 0.758. The Balaban J connectivity index is 1.63. The molecule has 23 heavy (non-hydrogen) atoms. The van der Waals surface area contributed by atoms with Gasteiger partial charge >= 0.3 is 0 Å². The van der Waals surface area contributed by atoms with E-state index in [9.17, 15) is 0 Å². The summed E-state index contributed by atoms with van der Waals surface area (Å²) in [6, 6.07) is 11.8. The lowest BCUT2D eigenvalue weighted by molar-refractivity contribution is 0.293. The second-order valence-electron chi connectivity index (χ2n) is 5.31. The normalized spacial score (nSPS) is 11.9. The average Bonchev–Trinajstić information content (AvgIpc) is 3.01. The molecule has 0 bridgehead atoms. The molecule has 1 atom stereocenters. The number of hydrogen-bond donors (Lipinski definition) is 1. The molecule has 0 aliphatic rings. The Bertz CT molecular complexity index is 756. The third-order valence-electron chi connectivity index (χ3n) is 3.43. The van der Waals surface area contributed by atoms with Crippen LogP contribution in [0.1, 0.15) is 24.1 Å². The van der Waals surface area contributed by atoms with Gasteiger partial charge in [0.05, 0.1) is 12.2 Å². The van der Waals surface area contributed by atoms with Gasteiger partial charge in [-0.3, -0.25) is 4.68 Å². The van der Waals surface area contributed by atoms with Gasteiger partial charge in [-0.15, -0.1) is 0 Å². The molecule has 0 saturated carbocycles. The largest absolute Gasteiger partial charge is 0.473 e. The smallest absolute Gasteiger partial charge is 0.226 e. The first kappa shape index (κ1) is 15.0. The van der Waals surface area contributed by atoms with E-state index in [4.69, 9.17) is 4.74 Å². The van der Waals surface area contributed by atoms with Gasteiger partial charge in [0, 0.05) is 31.1 Å². The third-order valence-corrected chi connectivity index (χ3v) is 3.43.